The second-order valence-electron chi connectivity index (χ2n) is 5.66. The van der Waals surface area contributed by atoms with E-state index in [2.05, 4.69) is 5.32 Å². The van der Waals surface area contributed by atoms with Crippen LogP contribution in [0.3, 0.4) is 0 Å². The molecule has 0 unspecified atom stereocenters. The molecule has 0 aliphatic carbocycles. The summed E-state index contributed by atoms with van der Waals surface area (Å²) >= 11 is 1.01. The molecule has 1 amide bonds. The lowest BCUT2D eigenvalue weighted by Gasteiger charge is -2.14. The summed E-state index contributed by atoms with van der Waals surface area (Å²) in [6.07, 6.45) is 0. The number of nitrogens with one attached hydrogen (secondary N) is 1. The maximum atomic E-state index is 12.9. The number of carbonyl (C=O) groups is 3. The summed E-state index contributed by atoms with van der Waals surface area (Å²) in [5.41, 5.74) is 0.173. The first kappa shape index (κ1) is 23.0. The fraction of sp³-hybridized carbons (Fsp3) is 0.350. The van der Waals surface area contributed by atoms with Crippen LogP contribution in [0.25, 0.3) is 0 Å². The number of hydrogen-bond acceptors (Lipinski definition) is 9. The van der Waals surface area contributed by atoms with Gasteiger partial charge in [-0.2, -0.15) is 0 Å². The number of rotatable bonds is 9. The van der Waals surface area contributed by atoms with Gasteiger partial charge in [-0.1, -0.05) is 0 Å². The number of amides is 1. The highest BCUT2D eigenvalue weighted by molar-refractivity contribution is 7.15. The van der Waals surface area contributed by atoms with Crippen LogP contribution in [0.15, 0.2) is 17.5 Å². The molecular formula is C20H23NO8S. The third-order valence-electron chi connectivity index (χ3n) is 3.92. The molecule has 9 nitrogen and oxygen atoms in total. The lowest BCUT2D eigenvalue weighted by molar-refractivity contribution is 0.0481. The van der Waals surface area contributed by atoms with E-state index in [9.17, 15) is 14.4 Å². The lowest BCUT2D eigenvalue weighted by atomic mass is 10.1. The molecule has 0 bridgehead atoms. The normalized spacial score (nSPS) is 10.2. The van der Waals surface area contributed by atoms with Crippen LogP contribution in [0.4, 0.5) is 5.00 Å². The summed E-state index contributed by atoms with van der Waals surface area (Å²) in [4.78, 5) is 37.5. The number of ether oxygens (including phenoxy) is 5. The molecule has 0 radical (unpaired) electrons. The minimum absolute atomic E-state index is 0.0282. The molecule has 0 saturated carbocycles. The van der Waals surface area contributed by atoms with Gasteiger partial charge < -0.3 is 29.0 Å². The summed E-state index contributed by atoms with van der Waals surface area (Å²) in [5.74, 6) is -1.02. The fourth-order valence-electron chi connectivity index (χ4n) is 2.60. The summed E-state index contributed by atoms with van der Waals surface area (Å²) in [7, 11) is 4.32. The van der Waals surface area contributed by atoms with Crippen molar-refractivity contribution in [2.24, 2.45) is 0 Å². The molecular weight excluding hydrogens is 414 g/mol. The van der Waals surface area contributed by atoms with Crippen molar-refractivity contribution < 1.29 is 38.1 Å². The van der Waals surface area contributed by atoms with E-state index in [1.54, 1.807) is 13.8 Å². The maximum absolute atomic E-state index is 12.9. The van der Waals surface area contributed by atoms with Crippen LogP contribution in [0.2, 0.25) is 0 Å². The molecule has 2 aromatic rings. The van der Waals surface area contributed by atoms with E-state index in [1.807, 2.05) is 0 Å². The molecule has 1 aromatic carbocycles. The van der Waals surface area contributed by atoms with Crippen LogP contribution in [0.1, 0.15) is 44.9 Å². The number of carbonyl (C=O) groups excluding carboxylic acids is 3. The van der Waals surface area contributed by atoms with Crippen molar-refractivity contribution in [3.63, 3.8) is 0 Å². The van der Waals surface area contributed by atoms with Crippen LogP contribution in [0, 0.1) is 0 Å². The Bertz CT molecular complexity index is 912. The number of anilines is 1. The Morgan fingerprint density at radius 3 is 1.97 bits per heavy atom. The molecule has 0 spiro atoms. The van der Waals surface area contributed by atoms with Gasteiger partial charge in [-0.15, -0.1) is 11.3 Å². The second-order valence-corrected chi connectivity index (χ2v) is 6.54. The van der Waals surface area contributed by atoms with Gasteiger partial charge >= 0.3 is 11.9 Å². The summed E-state index contributed by atoms with van der Waals surface area (Å²) in [6, 6.07) is 2.95. The third-order valence-corrected chi connectivity index (χ3v) is 4.82. The highest BCUT2D eigenvalue weighted by Crippen LogP contribution is 2.38. The average Bonchev–Trinajstić information content (AvgIpc) is 3.16. The average molecular weight is 437 g/mol. The number of esters is 2. The number of methoxy groups -OCH3 is 3. The van der Waals surface area contributed by atoms with E-state index >= 15 is 0 Å². The molecule has 1 N–H and O–H groups in total. The first-order valence-corrected chi connectivity index (χ1v) is 9.86. The van der Waals surface area contributed by atoms with Crippen molar-refractivity contribution in [2.45, 2.75) is 13.8 Å². The van der Waals surface area contributed by atoms with Crippen LogP contribution in [0.5, 0.6) is 17.2 Å². The van der Waals surface area contributed by atoms with Gasteiger partial charge in [0.05, 0.1) is 40.1 Å². The molecule has 0 fully saturated rings. The number of hydrogen-bond donors (Lipinski definition) is 1. The third kappa shape index (κ3) is 4.82. The minimum Gasteiger partial charge on any atom is -0.493 e. The number of benzene rings is 1. The van der Waals surface area contributed by atoms with Crippen molar-refractivity contribution in [1.29, 1.82) is 0 Å². The highest BCUT2D eigenvalue weighted by Gasteiger charge is 2.27. The number of thiophene rings is 1. The van der Waals surface area contributed by atoms with Crippen molar-refractivity contribution in [2.75, 3.05) is 39.9 Å². The Hall–Kier alpha value is -3.27. The lowest BCUT2D eigenvalue weighted by Crippen LogP contribution is -2.17. The Morgan fingerprint density at radius 2 is 1.47 bits per heavy atom. The molecule has 0 aliphatic heterocycles. The van der Waals surface area contributed by atoms with Gasteiger partial charge in [-0.25, -0.2) is 9.59 Å². The smallest absolute Gasteiger partial charge is 0.342 e. The van der Waals surface area contributed by atoms with E-state index in [-0.39, 0.29) is 34.9 Å². The van der Waals surface area contributed by atoms with Crippen LogP contribution >= 0.6 is 11.3 Å². The van der Waals surface area contributed by atoms with Gasteiger partial charge in [-0.05, 0) is 26.0 Å². The van der Waals surface area contributed by atoms with Gasteiger partial charge in [0.15, 0.2) is 11.5 Å². The molecule has 162 valence electrons. The van der Waals surface area contributed by atoms with Crippen LogP contribution in [-0.4, -0.2) is 52.4 Å². The first-order chi connectivity index (χ1) is 14.4. The Morgan fingerprint density at radius 1 is 0.900 bits per heavy atom. The molecule has 2 rings (SSSR count). The molecule has 1 aromatic heterocycles. The molecule has 0 saturated heterocycles. The minimum atomic E-state index is -0.734. The van der Waals surface area contributed by atoms with Gasteiger partial charge in [-0.3, -0.25) is 4.79 Å². The predicted molar refractivity (Wildman–Crippen MR) is 110 cm³/mol. The van der Waals surface area contributed by atoms with E-state index in [0.29, 0.717) is 17.2 Å². The van der Waals surface area contributed by atoms with Crippen molar-refractivity contribution in [3.8, 4) is 17.2 Å². The van der Waals surface area contributed by atoms with Gasteiger partial charge in [0.2, 0.25) is 5.75 Å². The predicted octanol–water partition coefficient (Wildman–Crippen LogP) is 3.38. The Kier molecular flexibility index (Phi) is 8.05. The molecule has 10 heteroatoms. The van der Waals surface area contributed by atoms with E-state index in [4.69, 9.17) is 23.7 Å². The Labute approximate surface area is 177 Å². The fourth-order valence-corrected chi connectivity index (χ4v) is 3.51. The summed E-state index contributed by atoms with van der Waals surface area (Å²) in [5, 5.41) is 4.24. The first-order valence-electron chi connectivity index (χ1n) is 8.98. The quantitative estimate of drug-likeness (QED) is 0.595. The topological polar surface area (TPSA) is 109 Å². The van der Waals surface area contributed by atoms with Gasteiger partial charge in [0.1, 0.15) is 10.6 Å². The second kappa shape index (κ2) is 10.5. The zero-order valence-electron chi connectivity index (χ0n) is 17.3. The van der Waals surface area contributed by atoms with Crippen molar-refractivity contribution in [3.05, 3.63) is 34.2 Å². The van der Waals surface area contributed by atoms with E-state index < -0.39 is 17.8 Å². The monoisotopic (exact) mass is 437 g/mol. The molecule has 0 atom stereocenters. The maximum Gasteiger partial charge on any atom is 0.342 e. The van der Waals surface area contributed by atoms with E-state index in [1.165, 1.54) is 38.8 Å². The van der Waals surface area contributed by atoms with E-state index in [0.717, 1.165) is 11.3 Å². The highest BCUT2D eigenvalue weighted by atomic mass is 32.1. The van der Waals surface area contributed by atoms with Crippen LogP contribution < -0.4 is 19.5 Å². The largest absolute Gasteiger partial charge is 0.493 e. The zero-order chi connectivity index (χ0) is 22.3. The SMILES string of the molecule is CCOC(=O)c1csc(NC(=O)c2cc(OC)c(OC)c(OC)c2)c1C(=O)OCC. The summed E-state index contributed by atoms with van der Waals surface area (Å²) in [6.45, 7) is 3.55. The molecule has 0 aliphatic rings. The molecule has 1 heterocycles. The summed E-state index contributed by atoms with van der Waals surface area (Å²) < 4.78 is 25.8. The molecule has 30 heavy (non-hydrogen) atoms. The van der Waals surface area contributed by atoms with Crippen molar-refractivity contribution >= 4 is 34.2 Å². The van der Waals surface area contributed by atoms with Gasteiger partial charge in [0, 0.05) is 10.9 Å². The zero-order valence-corrected chi connectivity index (χ0v) is 18.1. The standard InChI is InChI=1S/C20H23NO8S/c1-6-28-19(23)12-10-30-18(15(12)20(24)29-7-2)21-17(22)11-8-13(25-3)16(27-5)14(9-11)26-4/h8-10H,6-7H2,1-5H3,(H,21,22). The van der Waals surface area contributed by atoms with Crippen molar-refractivity contribution in [1.82, 2.24) is 0 Å². The Balaban J connectivity index is 2.43. The van der Waals surface area contributed by atoms with Crippen LogP contribution in [-0.2, 0) is 9.47 Å². The van der Waals surface area contributed by atoms with Gasteiger partial charge in [0.25, 0.3) is 5.91 Å².